The summed E-state index contributed by atoms with van der Waals surface area (Å²) in [4.78, 5) is 33.4. The largest absolute Gasteiger partial charge is 0.482 e. The molecule has 0 unspecified atom stereocenters. The maximum atomic E-state index is 12.9. The lowest BCUT2D eigenvalue weighted by Gasteiger charge is -2.34. The summed E-state index contributed by atoms with van der Waals surface area (Å²) in [6, 6.07) is 15.6. The number of hydrogen-bond acceptors (Lipinski definition) is 5. The number of fused-ring (bicyclic) bond motifs is 2. The molecular formula is C22H21N3O3S. The number of piperidine rings is 1. The molecule has 3 heterocycles. The van der Waals surface area contributed by atoms with E-state index in [2.05, 4.69) is 6.07 Å². The number of ether oxygens (including phenoxy) is 1. The summed E-state index contributed by atoms with van der Waals surface area (Å²) >= 11 is 1.75. The molecule has 148 valence electrons. The highest BCUT2D eigenvalue weighted by Gasteiger charge is 2.31. The summed E-state index contributed by atoms with van der Waals surface area (Å²) in [5.74, 6) is 0.843. The van der Waals surface area contributed by atoms with E-state index in [-0.39, 0.29) is 25.0 Å². The first-order valence-corrected chi connectivity index (χ1v) is 10.7. The molecule has 29 heavy (non-hydrogen) atoms. The molecule has 2 aliphatic heterocycles. The molecule has 0 saturated carbocycles. The fourth-order valence-corrected chi connectivity index (χ4v) is 5.14. The molecule has 7 heteroatoms. The Bertz CT molecular complexity index is 1040. The van der Waals surface area contributed by atoms with Gasteiger partial charge in [0.05, 0.1) is 20.9 Å². The Labute approximate surface area is 172 Å². The minimum atomic E-state index is -0.179. The molecule has 0 N–H and O–H groups in total. The van der Waals surface area contributed by atoms with Gasteiger partial charge in [0.2, 0.25) is 5.91 Å². The number of likely N-dealkylation sites (tertiary alicyclic amines) is 1. The van der Waals surface area contributed by atoms with Crippen molar-refractivity contribution >= 4 is 39.1 Å². The van der Waals surface area contributed by atoms with Crippen molar-refractivity contribution < 1.29 is 14.3 Å². The maximum Gasteiger partial charge on any atom is 0.265 e. The fourth-order valence-electron chi connectivity index (χ4n) is 4.00. The second-order valence-electron chi connectivity index (χ2n) is 7.41. The Hall–Kier alpha value is -2.93. The third kappa shape index (κ3) is 3.46. The molecule has 0 aliphatic carbocycles. The van der Waals surface area contributed by atoms with E-state index in [0.29, 0.717) is 30.4 Å². The van der Waals surface area contributed by atoms with Crippen LogP contribution in [0.5, 0.6) is 5.75 Å². The normalized spacial score (nSPS) is 17.3. The molecule has 2 aliphatic rings. The predicted octanol–water partition coefficient (Wildman–Crippen LogP) is 3.43. The Kier molecular flexibility index (Phi) is 4.67. The van der Waals surface area contributed by atoms with Gasteiger partial charge in [-0.3, -0.25) is 14.5 Å². The zero-order valence-electron chi connectivity index (χ0n) is 15.9. The molecule has 0 spiro atoms. The van der Waals surface area contributed by atoms with Crippen molar-refractivity contribution in [1.29, 1.82) is 0 Å². The van der Waals surface area contributed by atoms with Crippen molar-refractivity contribution in [1.82, 2.24) is 9.88 Å². The van der Waals surface area contributed by atoms with Crippen LogP contribution >= 0.6 is 11.3 Å². The zero-order valence-corrected chi connectivity index (χ0v) is 16.7. The van der Waals surface area contributed by atoms with Gasteiger partial charge in [0.15, 0.2) is 6.61 Å². The number of benzene rings is 2. The van der Waals surface area contributed by atoms with E-state index in [1.807, 2.05) is 47.4 Å². The lowest BCUT2D eigenvalue weighted by atomic mass is 9.97. The van der Waals surface area contributed by atoms with E-state index in [1.165, 1.54) is 4.70 Å². The van der Waals surface area contributed by atoms with Gasteiger partial charge in [-0.1, -0.05) is 24.3 Å². The van der Waals surface area contributed by atoms with E-state index in [1.54, 1.807) is 16.2 Å². The van der Waals surface area contributed by atoms with Crippen LogP contribution in [-0.2, 0) is 9.59 Å². The van der Waals surface area contributed by atoms with Crippen LogP contribution < -0.4 is 9.64 Å². The van der Waals surface area contributed by atoms with E-state index >= 15 is 0 Å². The van der Waals surface area contributed by atoms with Crippen LogP contribution in [0.15, 0.2) is 48.5 Å². The van der Waals surface area contributed by atoms with E-state index in [9.17, 15) is 9.59 Å². The van der Waals surface area contributed by atoms with Gasteiger partial charge in [0, 0.05) is 19.0 Å². The third-order valence-electron chi connectivity index (χ3n) is 5.61. The van der Waals surface area contributed by atoms with Gasteiger partial charge in [0.25, 0.3) is 5.91 Å². The van der Waals surface area contributed by atoms with E-state index in [0.717, 1.165) is 23.4 Å². The van der Waals surface area contributed by atoms with Crippen molar-refractivity contribution in [2.75, 3.05) is 31.1 Å². The van der Waals surface area contributed by atoms with E-state index in [4.69, 9.17) is 9.72 Å². The van der Waals surface area contributed by atoms with E-state index < -0.39 is 0 Å². The summed E-state index contributed by atoms with van der Waals surface area (Å²) in [5.41, 5.74) is 1.72. The SMILES string of the molecule is O=C(CN1C(=O)COc2ccccc21)N1CCC(c2nc3ccccc3s2)CC1. The first kappa shape index (κ1) is 18.1. The van der Waals surface area contributed by atoms with Crippen LogP contribution in [-0.4, -0.2) is 47.9 Å². The Morgan fingerprint density at radius 3 is 2.69 bits per heavy atom. The smallest absolute Gasteiger partial charge is 0.265 e. The number of amides is 2. The van der Waals surface area contributed by atoms with Crippen molar-refractivity contribution in [2.45, 2.75) is 18.8 Å². The molecule has 0 radical (unpaired) electrons. The highest BCUT2D eigenvalue weighted by Crippen LogP contribution is 2.34. The number of aromatic nitrogens is 1. The highest BCUT2D eigenvalue weighted by atomic mass is 32.1. The number of hydrogen-bond donors (Lipinski definition) is 0. The molecule has 0 bridgehead atoms. The summed E-state index contributed by atoms with van der Waals surface area (Å²) in [6.07, 6.45) is 1.80. The molecule has 2 amide bonds. The van der Waals surface area contributed by atoms with Crippen LogP contribution in [0, 0.1) is 0 Å². The zero-order chi connectivity index (χ0) is 19.8. The molecule has 1 saturated heterocycles. The van der Waals surface area contributed by atoms with Gasteiger partial charge in [-0.25, -0.2) is 4.98 Å². The quantitative estimate of drug-likeness (QED) is 0.667. The Morgan fingerprint density at radius 1 is 1.10 bits per heavy atom. The van der Waals surface area contributed by atoms with Crippen molar-refractivity contribution in [3.8, 4) is 5.75 Å². The topological polar surface area (TPSA) is 62.7 Å². The van der Waals surface area contributed by atoms with Crippen LogP contribution in [0.3, 0.4) is 0 Å². The average Bonchev–Trinajstić information content (AvgIpc) is 3.20. The van der Waals surface area contributed by atoms with Crippen LogP contribution in [0.25, 0.3) is 10.2 Å². The number of para-hydroxylation sites is 3. The van der Waals surface area contributed by atoms with Gasteiger partial charge in [-0.15, -0.1) is 11.3 Å². The van der Waals surface area contributed by atoms with Crippen molar-refractivity contribution in [2.24, 2.45) is 0 Å². The average molecular weight is 407 g/mol. The summed E-state index contributed by atoms with van der Waals surface area (Å²) in [7, 11) is 0. The van der Waals surface area contributed by atoms with Gasteiger partial charge in [-0.2, -0.15) is 0 Å². The molecule has 5 rings (SSSR count). The number of nitrogens with zero attached hydrogens (tertiary/aromatic N) is 3. The lowest BCUT2D eigenvalue weighted by Crippen LogP contribution is -2.48. The summed E-state index contributed by atoms with van der Waals surface area (Å²) < 4.78 is 6.67. The number of carbonyl (C=O) groups excluding carboxylic acids is 2. The van der Waals surface area contributed by atoms with Gasteiger partial charge >= 0.3 is 0 Å². The minimum Gasteiger partial charge on any atom is -0.482 e. The number of thiazole rings is 1. The van der Waals surface area contributed by atoms with Crippen LogP contribution in [0.4, 0.5) is 5.69 Å². The van der Waals surface area contributed by atoms with Gasteiger partial charge in [-0.05, 0) is 37.1 Å². The van der Waals surface area contributed by atoms with Crippen LogP contribution in [0.2, 0.25) is 0 Å². The number of carbonyl (C=O) groups is 2. The third-order valence-corrected chi connectivity index (χ3v) is 6.81. The predicted molar refractivity (Wildman–Crippen MR) is 112 cm³/mol. The Balaban J connectivity index is 1.24. The van der Waals surface area contributed by atoms with Gasteiger partial charge in [0.1, 0.15) is 12.3 Å². The Morgan fingerprint density at radius 2 is 1.86 bits per heavy atom. The van der Waals surface area contributed by atoms with Crippen molar-refractivity contribution in [3.63, 3.8) is 0 Å². The summed E-state index contributed by atoms with van der Waals surface area (Å²) in [6.45, 7) is 1.42. The number of anilines is 1. The summed E-state index contributed by atoms with van der Waals surface area (Å²) in [5, 5.41) is 1.16. The molecule has 1 fully saturated rings. The first-order chi connectivity index (χ1) is 14.2. The van der Waals surface area contributed by atoms with Crippen molar-refractivity contribution in [3.05, 3.63) is 53.5 Å². The molecule has 3 aromatic rings. The second kappa shape index (κ2) is 7.48. The first-order valence-electron chi connectivity index (χ1n) is 9.84. The fraction of sp³-hybridized carbons (Fsp3) is 0.318. The molecule has 1 aromatic heterocycles. The molecular weight excluding hydrogens is 386 g/mol. The maximum absolute atomic E-state index is 12.9. The lowest BCUT2D eigenvalue weighted by molar-refractivity contribution is -0.132. The number of rotatable bonds is 3. The van der Waals surface area contributed by atoms with Gasteiger partial charge < -0.3 is 9.64 Å². The molecule has 2 aromatic carbocycles. The monoisotopic (exact) mass is 407 g/mol. The minimum absolute atomic E-state index is 0.0159. The highest BCUT2D eigenvalue weighted by molar-refractivity contribution is 7.18. The molecule has 0 atom stereocenters. The van der Waals surface area contributed by atoms with Crippen LogP contribution in [0.1, 0.15) is 23.8 Å². The standard InChI is InChI=1S/C22H21N3O3S/c26-20(13-25-17-6-2-3-7-18(17)28-14-21(25)27)24-11-9-15(10-12-24)22-23-16-5-1-4-8-19(16)29-22/h1-8,15H,9-14H2. The molecule has 6 nitrogen and oxygen atoms in total. The second-order valence-corrected chi connectivity index (χ2v) is 8.47.